The predicted molar refractivity (Wildman–Crippen MR) is 93.4 cm³/mol. The Labute approximate surface area is 141 Å². The Morgan fingerprint density at radius 3 is 2.29 bits per heavy atom. The van der Waals surface area contributed by atoms with E-state index in [1.807, 2.05) is 11.9 Å². The maximum atomic E-state index is 11.5. The average molecular weight is 335 g/mol. The van der Waals surface area contributed by atoms with E-state index in [0.717, 1.165) is 39.0 Å². The van der Waals surface area contributed by atoms with Crippen molar-refractivity contribution >= 4 is 23.3 Å². The number of piperidine rings is 1. The van der Waals surface area contributed by atoms with Crippen LogP contribution in [0.2, 0.25) is 0 Å². The summed E-state index contributed by atoms with van der Waals surface area (Å²) < 4.78 is 0. The first kappa shape index (κ1) is 16.7. The lowest BCUT2D eigenvalue weighted by Crippen LogP contribution is -2.45. The highest BCUT2D eigenvalue weighted by Crippen LogP contribution is 2.34. The first-order chi connectivity index (χ1) is 11.5. The largest absolute Gasteiger partial charge is 0.378 e. The molecule has 0 aliphatic carbocycles. The molecular formula is C15H25N7O2. The summed E-state index contributed by atoms with van der Waals surface area (Å²) in [5.74, 6) is 1.51. The number of nitrogens with zero attached hydrogens (tertiary/aromatic N) is 6. The molecule has 2 saturated heterocycles. The third-order valence-electron chi connectivity index (χ3n) is 4.93. The highest BCUT2D eigenvalue weighted by Gasteiger charge is 2.30. The van der Waals surface area contributed by atoms with E-state index in [-0.39, 0.29) is 11.5 Å². The van der Waals surface area contributed by atoms with E-state index in [0.29, 0.717) is 30.8 Å². The lowest BCUT2D eigenvalue weighted by Gasteiger charge is -2.34. The Hall–Kier alpha value is -2.16. The van der Waals surface area contributed by atoms with E-state index in [1.54, 1.807) is 0 Å². The van der Waals surface area contributed by atoms with Gasteiger partial charge >= 0.3 is 5.69 Å². The zero-order valence-corrected chi connectivity index (χ0v) is 14.3. The number of aromatic nitrogens is 2. The number of piperazine rings is 1. The van der Waals surface area contributed by atoms with E-state index in [2.05, 4.69) is 26.7 Å². The second-order valence-corrected chi connectivity index (χ2v) is 6.80. The number of hydrogen-bond donors (Lipinski definition) is 1. The molecule has 0 amide bonds. The van der Waals surface area contributed by atoms with Crippen LogP contribution in [-0.2, 0) is 0 Å². The Bertz CT molecular complexity index is 608. The standard InChI is InChI=1S/C15H25N7O2/c1-11-3-5-21(6-4-11)15-17-13(16)12(22(23)24)14(18-15)20-9-7-19(2)8-10-20/h11H,3-10H2,1-2H3,(H2,16,17,18). The molecule has 2 aliphatic heterocycles. The summed E-state index contributed by atoms with van der Waals surface area (Å²) in [7, 11) is 2.04. The molecule has 1 aromatic rings. The van der Waals surface area contributed by atoms with Crippen molar-refractivity contribution in [3.63, 3.8) is 0 Å². The van der Waals surface area contributed by atoms with Gasteiger partial charge in [0.1, 0.15) is 0 Å². The summed E-state index contributed by atoms with van der Waals surface area (Å²) in [6.07, 6.45) is 2.15. The summed E-state index contributed by atoms with van der Waals surface area (Å²) in [5, 5.41) is 11.5. The molecule has 0 atom stereocenters. The summed E-state index contributed by atoms with van der Waals surface area (Å²) in [5.41, 5.74) is 5.76. The monoisotopic (exact) mass is 335 g/mol. The second kappa shape index (κ2) is 6.76. The number of hydrogen-bond acceptors (Lipinski definition) is 8. The van der Waals surface area contributed by atoms with Crippen molar-refractivity contribution in [2.45, 2.75) is 19.8 Å². The molecule has 1 aromatic heterocycles. The zero-order chi connectivity index (χ0) is 17.3. The molecule has 9 heteroatoms. The Kier molecular flexibility index (Phi) is 4.70. The highest BCUT2D eigenvalue weighted by atomic mass is 16.6. The summed E-state index contributed by atoms with van der Waals surface area (Å²) >= 11 is 0. The van der Waals surface area contributed by atoms with Gasteiger partial charge in [-0.05, 0) is 25.8 Å². The van der Waals surface area contributed by atoms with E-state index in [1.165, 1.54) is 0 Å². The van der Waals surface area contributed by atoms with Crippen LogP contribution in [0.25, 0.3) is 0 Å². The van der Waals surface area contributed by atoms with Crippen molar-refractivity contribution in [2.24, 2.45) is 5.92 Å². The topological polar surface area (TPSA) is 105 Å². The SMILES string of the molecule is CC1CCN(c2nc(N)c([N+](=O)[O-])c(N3CCN(C)CC3)n2)CC1. The van der Waals surface area contributed by atoms with Crippen LogP contribution in [-0.4, -0.2) is 66.1 Å². The van der Waals surface area contributed by atoms with E-state index < -0.39 is 4.92 Å². The van der Waals surface area contributed by atoms with Crippen molar-refractivity contribution in [1.82, 2.24) is 14.9 Å². The van der Waals surface area contributed by atoms with Gasteiger partial charge in [-0.15, -0.1) is 0 Å². The molecule has 9 nitrogen and oxygen atoms in total. The molecule has 24 heavy (non-hydrogen) atoms. The quantitative estimate of drug-likeness (QED) is 0.643. The molecule has 2 aliphatic rings. The zero-order valence-electron chi connectivity index (χ0n) is 14.3. The van der Waals surface area contributed by atoms with Crippen LogP contribution in [0, 0.1) is 16.0 Å². The van der Waals surface area contributed by atoms with Crippen molar-refractivity contribution in [3.05, 3.63) is 10.1 Å². The van der Waals surface area contributed by atoms with Crippen molar-refractivity contribution in [2.75, 3.05) is 61.8 Å². The maximum absolute atomic E-state index is 11.5. The van der Waals surface area contributed by atoms with Gasteiger partial charge in [0, 0.05) is 39.3 Å². The lowest BCUT2D eigenvalue weighted by atomic mass is 10.00. The Morgan fingerprint density at radius 2 is 1.71 bits per heavy atom. The number of nitrogens with two attached hydrogens (primary N) is 1. The predicted octanol–water partition coefficient (Wildman–Crippen LogP) is 0.955. The van der Waals surface area contributed by atoms with Gasteiger partial charge in [0.25, 0.3) is 0 Å². The molecule has 3 rings (SSSR count). The normalized spacial score (nSPS) is 20.4. The molecule has 0 spiro atoms. The van der Waals surface area contributed by atoms with Gasteiger partial charge in [-0.3, -0.25) is 10.1 Å². The van der Waals surface area contributed by atoms with Crippen molar-refractivity contribution in [3.8, 4) is 0 Å². The minimum atomic E-state index is -0.467. The molecule has 132 valence electrons. The van der Waals surface area contributed by atoms with Crippen LogP contribution >= 0.6 is 0 Å². The average Bonchev–Trinajstić information content (AvgIpc) is 2.55. The summed E-state index contributed by atoms with van der Waals surface area (Å²) in [6, 6.07) is 0. The number of nitrogen functional groups attached to an aromatic ring is 1. The van der Waals surface area contributed by atoms with Gasteiger partial charge in [-0.25, -0.2) is 0 Å². The number of likely N-dealkylation sites (N-methyl/N-ethyl adjacent to an activating group) is 1. The van der Waals surface area contributed by atoms with Crippen LogP contribution in [0.15, 0.2) is 0 Å². The molecule has 0 aromatic carbocycles. The van der Waals surface area contributed by atoms with Crippen LogP contribution in [0.3, 0.4) is 0 Å². The smallest absolute Gasteiger partial charge is 0.353 e. The van der Waals surface area contributed by atoms with Gasteiger partial charge in [0.05, 0.1) is 4.92 Å². The molecular weight excluding hydrogens is 310 g/mol. The van der Waals surface area contributed by atoms with Gasteiger partial charge < -0.3 is 20.4 Å². The molecule has 3 heterocycles. The fourth-order valence-corrected chi connectivity index (χ4v) is 3.21. The third kappa shape index (κ3) is 3.35. The molecule has 0 radical (unpaired) electrons. The van der Waals surface area contributed by atoms with E-state index in [9.17, 15) is 10.1 Å². The van der Waals surface area contributed by atoms with E-state index in [4.69, 9.17) is 5.73 Å². The van der Waals surface area contributed by atoms with Crippen LogP contribution in [0.1, 0.15) is 19.8 Å². The first-order valence-electron chi connectivity index (χ1n) is 8.46. The van der Waals surface area contributed by atoms with Crippen LogP contribution in [0.5, 0.6) is 0 Å². The second-order valence-electron chi connectivity index (χ2n) is 6.80. The summed E-state index contributed by atoms with van der Waals surface area (Å²) in [4.78, 5) is 26.0. The van der Waals surface area contributed by atoms with Crippen molar-refractivity contribution in [1.29, 1.82) is 0 Å². The van der Waals surface area contributed by atoms with Crippen LogP contribution < -0.4 is 15.5 Å². The van der Waals surface area contributed by atoms with Crippen molar-refractivity contribution < 1.29 is 4.92 Å². The maximum Gasteiger partial charge on any atom is 0.353 e. The van der Waals surface area contributed by atoms with Gasteiger partial charge in [0.15, 0.2) is 0 Å². The summed E-state index contributed by atoms with van der Waals surface area (Å²) in [6.45, 7) is 7.04. The Morgan fingerprint density at radius 1 is 1.08 bits per heavy atom. The molecule has 0 unspecified atom stereocenters. The lowest BCUT2D eigenvalue weighted by molar-refractivity contribution is -0.383. The molecule has 2 N–H and O–H groups in total. The molecule has 2 fully saturated rings. The third-order valence-corrected chi connectivity index (χ3v) is 4.93. The minimum Gasteiger partial charge on any atom is -0.378 e. The minimum absolute atomic E-state index is 0.0439. The fraction of sp³-hybridized carbons (Fsp3) is 0.733. The first-order valence-corrected chi connectivity index (χ1v) is 8.46. The van der Waals surface area contributed by atoms with Gasteiger partial charge in [0.2, 0.25) is 17.6 Å². The van der Waals surface area contributed by atoms with Crippen LogP contribution in [0.4, 0.5) is 23.3 Å². The highest BCUT2D eigenvalue weighted by molar-refractivity contribution is 5.71. The molecule has 0 saturated carbocycles. The number of rotatable bonds is 3. The number of nitro groups is 1. The Balaban J connectivity index is 1.93. The fourth-order valence-electron chi connectivity index (χ4n) is 3.21. The van der Waals surface area contributed by atoms with Gasteiger partial charge in [-0.1, -0.05) is 6.92 Å². The molecule has 0 bridgehead atoms. The number of anilines is 3. The van der Waals surface area contributed by atoms with Gasteiger partial charge in [-0.2, -0.15) is 9.97 Å². The van der Waals surface area contributed by atoms with E-state index >= 15 is 0 Å².